The molecule has 0 saturated heterocycles. The first-order valence-corrected chi connectivity index (χ1v) is 6.37. The van der Waals surface area contributed by atoms with Crippen molar-refractivity contribution < 1.29 is 0 Å². The number of hydrogen-bond donors (Lipinski definition) is 2. The summed E-state index contributed by atoms with van der Waals surface area (Å²) in [5.74, 6) is 0.579. The van der Waals surface area contributed by atoms with Gasteiger partial charge in [-0.15, -0.1) is 0 Å². The molecular weight excluding hydrogens is 230 g/mol. The van der Waals surface area contributed by atoms with Crippen molar-refractivity contribution >= 4 is 22.4 Å². The fraction of sp³-hybridized carbons (Fsp3) is 0.308. The molecule has 3 N–H and O–H groups in total. The lowest BCUT2D eigenvalue weighted by molar-refractivity contribution is 0.558. The molecule has 0 spiro atoms. The fourth-order valence-electron chi connectivity index (χ4n) is 1.67. The van der Waals surface area contributed by atoms with Gasteiger partial charge in [-0.05, 0) is 17.1 Å². The number of benzene rings is 1. The summed E-state index contributed by atoms with van der Waals surface area (Å²) in [6, 6.07) is 12.4. The lowest BCUT2D eigenvalue weighted by Crippen LogP contribution is -2.27. The summed E-state index contributed by atoms with van der Waals surface area (Å²) in [6.45, 7) is 5.30. The van der Waals surface area contributed by atoms with Crippen LogP contribution >= 0.6 is 11.5 Å². The lowest BCUT2D eigenvalue weighted by atomic mass is 9.85. The highest BCUT2D eigenvalue weighted by Crippen LogP contribution is 2.25. The van der Waals surface area contributed by atoms with Crippen LogP contribution in [-0.4, -0.2) is 10.9 Å². The number of nitrogen functional groups attached to an aromatic ring is 1. The van der Waals surface area contributed by atoms with Crippen LogP contribution in [0.5, 0.6) is 0 Å². The summed E-state index contributed by atoms with van der Waals surface area (Å²) in [5.41, 5.74) is 7.00. The van der Waals surface area contributed by atoms with Crippen molar-refractivity contribution in [1.29, 1.82) is 0 Å². The molecule has 0 radical (unpaired) electrons. The second kappa shape index (κ2) is 4.75. The quantitative estimate of drug-likeness (QED) is 0.872. The third kappa shape index (κ3) is 2.97. The van der Waals surface area contributed by atoms with Crippen LogP contribution in [0, 0.1) is 0 Å². The van der Waals surface area contributed by atoms with E-state index in [-0.39, 0.29) is 5.41 Å². The zero-order chi connectivity index (χ0) is 12.3. The monoisotopic (exact) mass is 247 g/mol. The first-order valence-electron chi connectivity index (χ1n) is 5.59. The van der Waals surface area contributed by atoms with Crippen LogP contribution in [0.3, 0.4) is 0 Å². The Bertz CT molecular complexity index is 476. The molecule has 17 heavy (non-hydrogen) atoms. The van der Waals surface area contributed by atoms with E-state index < -0.39 is 0 Å². The Hall–Kier alpha value is -1.55. The molecule has 0 fully saturated rings. The van der Waals surface area contributed by atoms with Crippen molar-refractivity contribution in [3.8, 4) is 0 Å². The molecule has 0 unspecified atom stereocenters. The molecule has 0 aliphatic carbocycles. The minimum atomic E-state index is 0.0833. The molecule has 2 rings (SSSR count). The van der Waals surface area contributed by atoms with Crippen molar-refractivity contribution in [3.05, 3.63) is 42.0 Å². The van der Waals surface area contributed by atoms with Crippen molar-refractivity contribution in [2.45, 2.75) is 19.3 Å². The van der Waals surface area contributed by atoms with E-state index in [1.54, 1.807) is 0 Å². The number of nitrogens with zero attached hydrogens (tertiary/aromatic N) is 1. The molecular formula is C13H17N3S. The topological polar surface area (TPSA) is 50.9 Å². The molecule has 0 bridgehead atoms. The first kappa shape index (κ1) is 11.9. The molecule has 0 saturated carbocycles. The molecule has 4 heteroatoms. The summed E-state index contributed by atoms with van der Waals surface area (Å²) >= 11 is 1.40. The number of aromatic nitrogens is 1. The summed E-state index contributed by atoms with van der Waals surface area (Å²) < 4.78 is 4.05. The zero-order valence-electron chi connectivity index (χ0n) is 10.1. The van der Waals surface area contributed by atoms with Crippen LogP contribution in [-0.2, 0) is 5.41 Å². The Labute approximate surface area is 106 Å². The van der Waals surface area contributed by atoms with E-state index in [2.05, 4.69) is 47.8 Å². The van der Waals surface area contributed by atoms with Crippen LogP contribution in [0.25, 0.3) is 0 Å². The Morgan fingerprint density at radius 2 is 2.00 bits per heavy atom. The second-order valence-corrected chi connectivity index (χ2v) is 5.52. The van der Waals surface area contributed by atoms with Crippen LogP contribution in [0.4, 0.5) is 10.8 Å². The number of rotatable bonds is 4. The van der Waals surface area contributed by atoms with Crippen LogP contribution < -0.4 is 11.1 Å². The molecule has 90 valence electrons. The van der Waals surface area contributed by atoms with Gasteiger partial charge >= 0.3 is 0 Å². The van der Waals surface area contributed by atoms with E-state index in [4.69, 9.17) is 5.73 Å². The highest BCUT2D eigenvalue weighted by molar-refractivity contribution is 7.10. The molecule has 0 atom stereocenters. The molecule has 0 aliphatic heterocycles. The van der Waals surface area contributed by atoms with Gasteiger partial charge in [0.25, 0.3) is 0 Å². The van der Waals surface area contributed by atoms with Gasteiger partial charge in [0, 0.05) is 18.0 Å². The Balaban J connectivity index is 2.03. The van der Waals surface area contributed by atoms with E-state index in [1.165, 1.54) is 17.1 Å². The van der Waals surface area contributed by atoms with Gasteiger partial charge in [0.2, 0.25) is 0 Å². The third-order valence-electron chi connectivity index (χ3n) is 2.79. The fourth-order valence-corrected chi connectivity index (χ4v) is 2.24. The van der Waals surface area contributed by atoms with Gasteiger partial charge < -0.3 is 11.1 Å². The standard InChI is InChI=1S/C13H17N3S/c1-13(2,10-6-4-3-5-7-10)9-15-12-8-11(14)16-17-12/h3-8,15H,9H2,1-2H3,(H2,14,16). The molecule has 1 aromatic heterocycles. The Kier molecular flexibility index (Phi) is 3.33. The number of anilines is 2. The lowest BCUT2D eigenvalue weighted by Gasteiger charge is -2.25. The van der Waals surface area contributed by atoms with E-state index in [1.807, 2.05) is 12.1 Å². The minimum Gasteiger partial charge on any atom is -0.383 e. The summed E-state index contributed by atoms with van der Waals surface area (Å²) in [4.78, 5) is 0. The van der Waals surface area contributed by atoms with Crippen molar-refractivity contribution in [2.75, 3.05) is 17.6 Å². The molecule has 3 nitrogen and oxygen atoms in total. The van der Waals surface area contributed by atoms with Crippen LogP contribution in [0.2, 0.25) is 0 Å². The van der Waals surface area contributed by atoms with Gasteiger partial charge in [0.05, 0.1) is 0 Å². The van der Waals surface area contributed by atoms with Gasteiger partial charge in [-0.1, -0.05) is 44.2 Å². The maximum absolute atomic E-state index is 5.59. The summed E-state index contributed by atoms with van der Waals surface area (Å²) in [5, 5.41) is 4.40. The molecule has 1 aromatic carbocycles. The maximum Gasteiger partial charge on any atom is 0.139 e. The third-order valence-corrected chi connectivity index (χ3v) is 3.55. The molecule has 1 heterocycles. The molecule has 0 aliphatic rings. The van der Waals surface area contributed by atoms with Gasteiger partial charge in [0.1, 0.15) is 10.8 Å². The smallest absolute Gasteiger partial charge is 0.139 e. The van der Waals surface area contributed by atoms with E-state index >= 15 is 0 Å². The van der Waals surface area contributed by atoms with Gasteiger partial charge in [-0.25, -0.2) is 0 Å². The predicted molar refractivity (Wildman–Crippen MR) is 74.5 cm³/mol. The van der Waals surface area contributed by atoms with Gasteiger partial charge in [-0.2, -0.15) is 4.37 Å². The van der Waals surface area contributed by atoms with Crippen molar-refractivity contribution in [1.82, 2.24) is 4.37 Å². The SMILES string of the molecule is CC(C)(CNc1cc(N)ns1)c1ccccc1. The molecule has 2 aromatic rings. The summed E-state index contributed by atoms with van der Waals surface area (Å²) in [6.07, 6.45) is 0. The minimum absolute atomic E-state index is 0.0833. The van der Waals surface area contributed by atoms with Crippen molar-refractivity contribution in [2.24, 2.45) is 0 Å². The van der Waals surface area contributed by atoms with Crippen molar-refractivity contribution in [3.63, 3.8) is 0 Å². The Morgan fingerprint density at radius 3 is 2.59 bits per heavy atom. The number of nitrogens with one attached hydrogen (secondary N) is 1. The van der Waals surface area contributed by atoms with Gasteiger partial charge in [-0.3, -0.25) is 0 Å². The van der Waals surface area contributed by atoms with E-state index in [9.17, 15) is 0 Å². The highest BCUT2D eigenvalue weighted by atomic mass is 32.1. The summed E-state index contributed by atoms with van der Waals surface area (Å²) in [7, 11) is 0. The second-order valence-electron chi connectivity index (χ2n) is 4.72. The van der Waals surface area contributed by atoms with Crippen LogP contribution in [0.15, 0.2) is 36.4 Å². The van der Waals surface area contributed by atoms with Crippen LogP contribution in [0.1, 0.15) is 19.4 Å². The Morgan fingerprint density at radius 1 is 1.29 bits per heavy atom. The highest BCUT2D eigenvalue weighted by Gasteiger charge is 2.20. The maximum atomic E-state index is 5.59. The predicted octanol–water partition coefficient (Wildman–Crippen LogP) is 3.12. The van der Waals surface area contributed by atoms with E-state index in [0.717, 1.165) is 11.5 Å². The average Bonchev–Trinajstić information content (AvgIpc) is 2.74. The average molecular weight is 247 g/mol. The first-order chi connectivity index (χ1) is 8.08. The largest absolute Gasteiger partial charge is 0.383 e. The number of nitrogens with two attached hydrogens (primary N) is 1. The zero-order valence-corrected chi connectivity index (χ0v) is 10.9. The number of hydrogen-bond acceptors (Lipinski definition) is 4. The normalized spacial score (nSPS) is 11.4. The van der Waals surface area contributed by atoms with Gasteiger partial charge in [0.15, 0.2) is 0 Å². The molecule has 0 amide bonds. The van der Waals surface area contributed by atoms with E-state index in [0.29, 0.717) is 5.82 Å².